The van der Waals surface area contributed by atoms with Crippen LogP contribution in [0.1, 0.15) is 16.9 Å². The van der Waals surface area contributed by atoms with E-state index < -0.39 is 23.8 Å². The van der Waals surface area contributed by atoms with Crippen LogP contribution in [0.4, 0.5) is 8.78 Å². The zero-order valence-corrected chi connectivity index (χ0v) is 9.96. The third kappa shape index (κ3) is 2.51. The van der Waals surface area contributed by atoms with Crippen molar-refractivity contribution in [1.29, 1.82) is 0 Å². The van der Waals surface area contributed by atoms with Gasteiger partial charge in [0, 0.05) is 12.3 Å². The first-order valence-corrected chi connectivity index (χ1v) is 5.47. The minimum atomic E-state index is -2.94. The Morgan fingerprint density at radius 1 is 1.15 bits per heavy atom. The number of pyridine rings is 1. The van der Waals surface area contributed by atoms with E-state index in [1.807, 2.05) is 0 Å². The highest BCUT2D eigenvalue weighted by molar-refractivity contribution is 5.92. The second-order valence-electron chi connectivity index (χ2n) is 3.98. The molecule has 0 fully saturated rings. The Kier molecular flexibility index (Phi) is 3.51. The molecule has 0 spiro atoms. The maximum absolute atomic E-state index is 12.4. The van der Waals surface area contributed by atoms with Crippen molar-refractivity contribution in [2.75, 3.05) is 0 Å². The number of carboxylic acids is 1. The molecule has 0 saturated heterocycles. The first-order valence-electron chi connectivity index (χ1n) is 5.47. The van der Waals surface area contributed by atoms with E-state index in [9.17, 15) is 23.5 Å². The molecule has 0 aliphatic carbocycles. The van der Waals surface area contributed by atoms with Crippen molar-refractivity contribution in [2.45, 2.75) is 6.55 Å². The molecule has 5 nitrogen and oxygen atoms in total. The fraction of sp³-hybridized carbons (Fsp3) is 0.0769. The summed E-state index contributed by atoms with van der Waals surface area (Å²) in [7, 11) is 0. The molecule has 0 unspecified atom stereocenters. The number of benzene rings is 1. The van der Waals surface area contributed by atoms with Gasteiger partial charge in [0.2, 0.25) is 0 Å². The fourth-order valence-corrected chi connectivity index (χ4v) is 1.72. The van der Waals surface area contributed by atoms with E-state index in [-0.39, 0.29) is 15.7 Å². The molecule has 0 atom stereocenters. The van der Waals surface area contributed by atoms with Crippen LogP contribution in [-0.4, -0.2) is 20.7 Å². The van der Waals surface area contributed by atoms with E-state index in [4.69, 9.17) is 5.11 Å². The van der Waals surface area contributed by atoms with E-state index in [1.54, 1.807) is 0 Å². The summed E-state index contributed by atoms with van der Waals surface area (Å²) >= 11 is 0. The van der Waals surface area contributed by atoms with Gasteiger partial charge in [-0.3, -0.25) is 9.36 Å². The number of rotatable bonds is 3. The fourth-order valence-electron chi connectivity index (χ4n) is 1.72. The number of phenols is 1. The molecule has 0 bridgehead atoms. The molecule has 2 N–H and O–H groups in total. The van der Waals surface area contributed by atoms with Crippen molar-refractivity contribution in [3.63, 3.8) is 0 Å². The quantitative estimate of drug-likeness (QED) is 0.904. The minimum Gasteiger partial charge on any atom is -0.507 e. The molecule has 1 aromatic heterocycles. The van der Waals surface area contributed by atoms with Crippen LogP contribution in [-0.2, 0) is 0 Å². The van der Waals surface area contributed by atoms with Gasteiger partial charge in [0.1, 0.15) is 11.3 Å². The van der Waals surface area contributed by atoms with Crippen LogP contribution in [0.3, 0.4) is 0 Å². The van der Waals surface area contributed by atoms with Crippen LogP contribution in [0.15, 0.2) is 41.3 Å². The SMILES string of the molecule is O=C(O)c1cc(-c2ccn(C(F)F)c(=O)c2)ccc1O. The molecule has 1 heterocycles. The average Bonchev–Trinajstić information content (AvgIpc) is 2.38. The van der Waals surface area contributed by atoms with Gasteiger partial charge >= 0.3 is 12.5 Å². The van der Waals surface area contributed by atoms with Crippen LogP contribution >= 0.6 is 0 Å². The topological polar surface area (TPSA) is 79.5 Å². The first-order chi connectivity index (χ1) is 9.40. The molecule has 0 radical (unpaired) electrons. The predicted molar refractivity (Wildman–Crippen MR) is 66.0 cm³/mol. The number of aromatic hydroxyl groups is 1. The molecule has 0 aliphatic heterocycles. The number of carbonyl (C=O) groups is 1. The second-order valence-corrected chi connectivity index (χ2v) is 3.98. The first kappa shape index (κ1) is 13.7. The number of aromatic nitrogens is 1. The molecule has 7 heteroatoms. The third-order valence-corrected chi connectivity index (χ3v) is 2.72. The van der Waals surface area contributed by atoms with Gasteiger partial charge in [-0.15, -0.1) is 0 Å². The number of hydrogen-bond acceptors (Lipinski definition) is 3. The monoisotopic (exact) mass is 281 g/mol. The summed E-state index contributed by atoms with van der Waals surface area (Å²) in [5, 5.41) is 18.3. The minimum absolute atomic E-state index is 0.252. The molecular weight excluding hydrogens is 272 g/mol. The smallest absolute Gasteiger partial charge is 0.339 e. The lowest BCUT2D eigenvalue weighted by Crippen LogP contribution is -2.18. The van der Waals surface area contributed by atoms with E-state index in [0.717, 1.165) is 18.3 Å². The molecule has 1 aromatic carbocycles. The Morgan fingerprint density at radius 3 is 2.35 bits per heavy atom. The van der Waals surface area contributed by atoms with Gasteiger partial charge in [-0.05, 0) is 29.3 Å². The van der Waals surface area contributed by atoms with Gasteiger partial charge < -0.3 is 10.2 Å². The maximum atomic E-state index is 12.4. The lowest BCUT2D eigenvalue weighted by atomic mass is 10.0. The second kappa shape index (κ2) is 5.12. The van der Waals surface area contributed by atoms with Crippen molar-refractivity contribution in [1.82, 2.24) is 4.57 Å². The lowest BCUT2D eigenvalue weighted by Gasteiger charge is -2.07. The van der Waals surface area contributed by atoms with Crippen molar-refractivity contribution >= 4 is 5.97 Å². The van der Waals surface area contributed by atoms with Crippen LogP contribution < -0.4 is 5.56 Å². The average molecular weight is 281 g/mol. The zero-order chi connectivity index (χ0) is 14.9. The summed E-state index contributed by atoms with van der Waals surface area (Å²) in [6, 6.07) is 5.97. The van der Waals surface area contributed by atoms with E-state index in [0.29, 0.717) is 5.56 Å². The van der Waals surface area contributed by atoms with Crippen LogP contribution in [0.2, 0.25) is 0 Å². The van der Waals surface area contributed by atoms with E-state index in [1.165, 1.54) is 18.2 Å². The Hall–Kier alpha value is -2.70. The molecule has 20 heavy (non-hydrogen) atoms. The van der Waals surface area contributed by atoms with Gasteiger partial charge in [-0.25, -0.2) is 4.79 Å². The van der Waals surface area contributed by atoms with Crippen molar-refractivity contribution in [3.05, 3.63) is 52.4 Å². The van der Waals surface area contributed by atoms with Gasteiger partial charge in [0.25, 0.3) is 5.56 Å². The summed E-state index contributed by atoms with van der Waals surface area (Å²) in [5.74, 6) is -1.74. The number of hydrogen-bond donors (Lipinski definition) is 2. The summed E-state index contributed by atoms with van der Waals surface area (Å²) < 4.78 is 25.1. The number of carboxylic acid groups (broad SMARTS) is 1. The Balaban J connectivity index is 2.52. The van der Waals surface area contributed by atoms with E-state index >= 15 is 0 Å². The normalized spacial score (nSPS) is 10.8. The molecular formula is C13H9F2NO4. The Labute approximate surface area is 111 Å². The van der Waals surface area contributed by atoms with Gasteiger partial charge in [-0.1, -0.05) is 6.07 Å². The third-order valence-electron chi connectivity index (χ3n) is 2.72. The van der Waals surface area contributed by atoms with Crippen LogP contribution in [0.5, 0.6) is 5.75 Å². The summed E-state index contributed by atoms with van der Waals surface area (Å²) in [6.45, 7) is -2.94. The Bertz CT molecular complexity index is 725. The van der Waals surface area contributed by atoms with Crippen LogP contribution in [0, 0.1) is 0 Å². The van der Waals surface area contributed by atoms with Gasteiger partial charge in [0.15, 0.2) is 0 Å². The van der Waals surface area contributed by atoms with Gasteiger partial charge in [0.05, 0.1) is 0 Å². The summed E-state index contributed by atoms with van der Waals surface area (Å²) in [5.41, 5.74) is -0.615. The van der Waals surface area contributed by atoms with Crippen molar-refractivity contribution in [3.8, 4) is 16.9 Å². The highest BCUT2D eigenvalue weighted by Crippen LogP contribution is 2.25. The summed E-state index contributed by atoms with van der Waals surface area (Å²) in [6.07, 6.45) is 0.926. The van der Waals surface area contributed by atoms with Crippen molar-refractivity contribution in [2.24, 2.45) is 0 Å². The maximum Gasteiger partial charge on any atom is 0.339 e. The number of nitrogens with zero attached hydrogens (tertiary/aromatic N) is 1. The van der Waals surface area contributed by atoms with E-state index in [2.05, 4.69) is 0 Å². The molecule has 104 valence electrons. The molecule has 0 saturated carbocycles. The number of halogens is 2. The zero-order valence-electron chi connectivity index (χ0n) is 9.96. The molecule has 0 aliphatic rings. The predicted octanol–water partition coefficient (Wildman–Crippen LogP) is 2.31. The molecule has 2 aromatic rings. The lowest BCUT2D eigenvalue weighted by molar-refractivity contribution is 0.0662. The molecule has 2 rings (SSSR count). The number of alkyl halides is 2. The standard InChI is InChI=1S/C13H9F2NO4/c14-13(15)16-4-3-8(6-11(16)18)7-1-2-10(17)9(5-7)12(19)20/h1-6,13,17H,(H,19,20). The Morgan fingerprint density at radius 2 is 1.80 bits per heavy atom. The highest BCUT2D eigenvalue weighted by atomic mass is 19.3. The highest BCUT2D eigenvalue weighted by Gasteiger charge is 2.13. The largest absolute Gasteiger partial charge is 0.507 e. The summed E-state index contributed by atoms with van der Waals surface area (Å²) in [4.78, 5) is 22.3. The van der Waals surface area contributed by atoms with Crippen molar-refractivity contribution < 1.29 is 23.8 Å². The number of aromatic carboxylic acids is 1. The van der Waals surface area contributed by atoms with Gasteiger partial charge in [-0.2, -0.15) is 8.78 Å². The molecule has 0 amide bonds. The van der Waals surface area contributed by atoms with Crippen LogP contribution in [0.25, 0.3) is 11.1 Å².